The van der Waals surface area contributed by atoms with Gasteiger partial charge in [0.2, 0.25) is 0 Å². The smallest absolute Gasteiger partial charge is 0.282 e. The van der Waals surface area contributed by atoms with Gasteiger partial charge < -0.3 is 0 Å². The second kappa shape index (κ2) is 3.63. The van der Waals surface area contributed by atoms with Gasteiger partial charge in [-0.15, -0.1) is 0 Å². The maximum Gasteiger partial charge on any atom is 0.294 e. The van der Waals surface area contributed by atoms with E-state index in [1.54, 1.807) is 0 Å². The third-order valence-corrected chi connectivity index (χ3v) is 2.68. The van der Waals surface area contributed by atoms with Gasteiger partial charge in [0.15, 0.2) is 0 Å². The van der Waals surface area contributed by atoms with Crippen molar-refractivity contribution in [3.05, 3.63) is 28.8 Å². The van der Waals surface area contributed by atoms with E-state index in [1.165, 1.54) is 18.2 Å². The Morgan fingerprint density at radius 3 is 2.54 bits per heavy atom. The molecule has 0 fully saturated rings. The molecule has 0 aliphatic rings. The largest absolute Gasteiger partial charge is 0.294 e. The lowest BCUT2D eigenvalue weighted by molar-refractivity contribution is 0.482. The summed E-state index contributed by atoms with van der Waals surface area (Å²) in [6.45, 7) is -0.240. The number of halogens is 1. The van der Waals surface area contributed by atoms with E-state index in [1.807, 2.05) is 0 Å². The molecule has 0 amide bonds. The second-order valence-electron chi connectivity index (χ2n) is 2.40. The van der Waals surface area contributed by atoms with Gasteiger partial charge in [-0.25, -0.2) is 0 Å². The third kappa shape index (κ3) is 2.41. The molecule has 0 atom stereocenters. The molecule has 0 aromatic heterocycles. The van der Waals surface area contributed by atoms with Gasteiger partial charge in [0, 0.05) is 11.6 Å². The Labute approximate surface area is 81.1 Å². The van der Waals surface area contributed by atoms with Crippen LogP contribution in [0.1, 0.15) is 5.56 Å². The van der Waals surface area contributed by atoms with E-state index < -0.39 is 10.1 Å². The summed E-state index contributed by atoms with van der Waals surface area (Å²) in [5, 5.41) is 0.342. The van der Waals surface area contributed by atoms with Crippen LogP contribution in [0, 0.1) is 0 Å². The topological polar surface area (TPSA) is 78.2 Å². The predicted octanol–water partition coefficient (Wildman–Crippen LogP) is 1.37. The fourth-order valence-electron chi connectivity index (χ4n) is 0.938. The predicted molar refractivity (Wildman–Crippen MR) is 48.1 cm³/mol. The van der Waals surface area contributed by atoms with Crippen molar-refractivity contribution < 1.29 is 13.0 Å². The van der Waals surface area contributed by atoms with Gasteiger partial charge in [-0.2, -0.15) is 8.42 Å². The fourth-order valence-corrected chi connectivity index (χ4v) is 1.83. The van der Waals surface area contributed by atoms with Gasteiger partial charge in [0.1, 0.15) is 0 Å². The van der Waals surface area contributed by atoms with Gasteiger partial charge in [-0.1, -0.05) is 11.6 Å². The highest BCUT2D eigenvalue weighted by molar-refractivity contribution is 7.85. The lowest BCUT2D eigenvalue weighted by Gasteiger charge is -2.03. The van der Waals surface area contributed by atoms with Crippen molar-refractivity contribution in [2.45, 2.75) is 11.4 Å². The summed E-state index contributed by atoms with van der Waals surface area (Å²) in [4.78, 5) is -0.257. The van der Waals surface area contributed by atoms with Crippen molar-refractivity contribution in [1.29, 1.82) is 0 Å². The molecule has 71 valence electrons. The summed E-state index contributed by atoms with van der Waals surface area (Å²) in [7, 11) is -4.24. The Morgan fingerprint density at radius 2 is 2.08 bits per heavy atom. The summed E-state index contributed by atoms with van der Waals surface area (Å²) < 4.78 is 30.2. The zero-order valence-corrected chi connectivity index (χ0v) is 8.06. The third-order valence-electron chi connectivity index (χ3n) is 1.49. The number of rotatable bonds is 2. The molecule has 0 bridgehead atoms. The van der Waals surface area contributed by atoms with E-state index in [4.69, 9.17) is 21.9 Å². The van der Waals surface area contributed by atoms with Crippen molar-refractivity contribution >= 4 is 21.7 Å². The summed E-state index contributed by atoms with van der Waals surface area (Å²) in [5.41, 5.74) is 7.22. The van der Waals surface area contributed by atoms with Gasteiger partial charge in [0.05, 0.1) is 4.90 Å². The normalized spacial score (nSPS) is 11.6. The van der Waals surface area contributed by atoms with E-state index in [-0.39, 0.29) is 17.0 Å². The Morgan fingerprint density at radius 1 is 1.46 bits per heavy atom. The van der Waals surface area contributed by atoms with Crippen LogP contribution >= 0.6 is 11.6 Å². The zero-order valence-electron chi connectivity index (χ0n) is 6.49. The molecular weight excluding hydrogens is 214 g/mol. The van der Waals surface area contributed by atoms with Crippen molar-refractivity contribution in [1.82, 2.24) is 5.73 Å². The van der Waals surface area contributed by atoms with Crippen LogP contribution in [0.25, 0.3) is 0 Å². The van der Waals surface area contributed by atoms with Crippen LogP contribution in [0.5, 0.6) is 0 Å². The van der Waals surface area contributed by atoms with Crippen LogP contribution in [0.2, 0.25) is 5.02 Å². The van der Waals surface area contributed by atoms with Gasteiger partial charge in [-0.05, 0) is 23.8 Å². The minimum absolute atomic E-state index is 0.190. The Kier molecular flexibility index (Phi) is 2.92. The van der Waals surface area contributed by atoms with Gasteiger partial charge >= 0.3 is 0 Å². The van der Waals surface area contributed by atoms with Crippen LogP contribution in [0.4, 0.5) is 0 Å². The minimum Gasteiger partial charge on any atom is -0.282 e. The highest BCUT2D eigenvalue weighted by Gasteiger charge is 2.14. The fraction of sp³-hybridized carbons (Fsp3) is 0.143. The lowest BCUT2D eigenvalue weighted by atomic mass is 10.2. The molecule has 1 radical (unpaired) electrons. The maximum atomic E-state index is 10.8. The van der Waals surface area contributed by atoms with Crippen molar-refractivity contribution in [2.24, 2.45) is 0 Å². The molecule has 6 heteroatoms. The van der Waals surface area contributed by atoms with Crippen LogP contribution in [0.15, 0.2) is 23.1 Å². The molecule has 4 nitrogen and oxygen atoms in total. The van der Waals surface area contributed by atoms with Crippen LogP contribution in [-0.2, 0) is 16.7 Å². The molecule has 13 heavy (non-hydrogen) atoms. The standard InChI is InChI=1S/C7H7ClNO3S/c8-6-1-2-7(13(10,11)12)5(3-6)4-9/h1-3,9H,4H2,(H,10,11,12). The van der Waals surface area contributed by atoms with Crippen LogP contribution < -0.4 is 5.73 Å². The molecule has 0 unspecified atom stereocenters. The van der Waals surface area contributed by atoms with E-state index in [0.717, 1.165) is 0 Å². The molecule has 0 spiro atoms. The van der Waals surface area contributed by atoms with E-state index in [2.05, 4.69) is 0 Å². The van der Waals surface area contributed by atoms with Crippen molar-refractivity contribution in [2.75, 3.05) is 0 Å². The van der Waals surface area contributed by atoms with E-state index in [9.17, 15) is 8.42 Å². The number of nitrogens with one attached hydrogen (secondary N) is 1. The Bertz CT molecular complexity index is 416. The monoisotopic (exact) mass is 220 g/mol. The molecular formula is C7H7ClNO3S. The summed E-state index contributed by atoms with van der Waals surface area (Å²) >= 11 is 5.59. The molecule has 0 saturated heterocycles. The molecule has 1 rings (SSSR count). The molecule has 1 aromatic rings. The van der Waals surface area contributed by atoms with Gasteiger partial charge in [-0.3, -0.25) is 10.3 Å². The first-order chi connectivity index (χ1) is 5.95. The first-order valence-corrected chi connectivity index (χ1v) is 5.17. The molecule has 0 aliphatic carbocycles. The highest BCUT2D eigenvalue weighted by atomic mass is 35.5. The first kappa shape index (κ1) is 10.5. The SMILES string of the molecule is [NH]Cc1cc(Cl)ccc1S(=O)(=O)O. The maximum absolute atomic E-state index is 10.8. The van der Waals surface area contributed by atoms with Crippen LogP contribution in [-0.4, -0.2) is 13.0 Å². The average molecular weight is 221 g/mol. The zero-order chi connectivity index (χ0) is 10.1. The Hall–Kier alpha value is -0.620. The number of hydrogen-bond donors (Lipinski definition) is 1. The minimum atomic E-state index is -4.24. The van der Waals surface area contributed by atoms with Crippen LogP contribution in [0.3, 0.4) is 0 Å². The molecule has 2 N–H and O–H groups in total. The molecule has 0 saturated carbocycles. The number of benzene rings is 1. The Balaban J connectivity index is 3.39. The second-order valence-corrected chi connectivity index (χ2v) is 4.23. The van der Waals surface area contributed by atoms with Crippen molar-refractivity contribution in [3.8, 4) is 0 Å². The average Bonchev–Trinajstić information content (AvgIpc) is 2.01. The quantitative estimate of drug-likeness (QED) is 0.765. The first-order valence-electron chi connectivity index (χ1n) is 3.35. The molecule has 1 aromatic carbocycles. The van der Waals surface area contributed by atoms with E-state index in [0.29, 0.717) is 5.02 Å². The summed E-state index contributed by atoms with van der Waals surface area (Å²) in [6.07, 6.45) is 0. The summed E-state index contributed by atoms with van der Waals surface area (Å²) in [6, 6.07) is 3.88. The van der Waals surface area contributed by atoms with Crippen molar-refractivity contribution in [3.63, 3.8) is 0 Å². The molecule has 0 aliphatic heterocycles. The molecule has 0 heterocycles. The van der Waals surface area contributed by atoms with E-state index >= 15 is 0 Å². The highest BCUT2D eigenvalue weighted by Crippen LogP contribution is 2.19. The lowest BCUT2D eigenvalue weighted by Crippen LogP contribution is -2.03. The number of hydrogen-bond acceptors (Lipinski definition) is 2. The van der Waals surface area contributed by atoms with Gasteiger partial charge in [0.25, 0.3) is 10.1 Å². The summed E-state index contributed by atoms with van der Waals surface area (Å²) in [5.74, 6) is 0.